The molecule has 0 aliphatic carbocycles. The Morgan fingerprint density at radius 1 is 0.347 bits per heavy atom. The molecule has 5 aliphatic rings. The van der Waals surface area contributed by atoms with Gasteiger partial charge in [-0.25, -0.2) is 73.8 Å². The van der Waals surface area contributed by atoms with E-state index in [0.29, 0.717) is 124 Å². The number of hydrogen-bond acceptors (Lipinski definition) is 33. The predicted octanol–water partition coefficient (Wildman–Crippen LogP) is 17.3. The summed E-state index contributed by atoms with van der Waals surface area (Å²) in [7, 11) is 0. The number of aliphatic imine (C=N–C) groups is 1. The lowest BCUT2D eigenvalue weighted by Crippen LogP contribution is -2.50. The molecule has 2 aromatic carbocycles. The zero-order valence-electron chi connectivity index (χ0n) is 82.8. The second-order valence-electron chi connectivity index (χ2n) is 35.3. The van der Waals surface area contributed by atoms with Crippen LogP contribution < -0.4 is 49.8 Å². The molecule has 9 aromatic heterocycles. The second kappa shape index (κ2) is 57.3. The molecule has 38 nitrogen and oxygen atoms in total. The minimum absolute atomic E-state index is 0.00363. The molecule has 150 heavy (non-hydrogen) atoms. The zero-order chi connectivity index (χ0) is 109. The summed E-state index contributed by atoms with van der Waals surface area (Å²) in [5.74, 6) is 3.98. The lowest BCUT2D eigenvalue weighted by atomic mass is 10.1. The van der Waals surface area contributed by atoms with Gasteiger partial charge in [0.25, 0.3) is 17.6 Å². The number of anilines is 5. The Balaban J connectivity index is 0.000000198. The number of urea groups is 1. The highest BCUT2D eigenvalue weighted by Gasteiger charge is 2.40. The van der Waals surface area contributed by atoms with E-state index in [9.17, 15) is 76.7 Å². The number of pyridine rings is 4. The third kappa shape index (κ3) is 41.5. The van der Waals surface area contributed by atoms with E-state index in [1.807, 2.05) is 96.4 Å². The number of nitrogens with one attached hydrogen (secondary N) is 3. The standard InChI is InChI=1S/C23H20F6N6O2.C19H25N5O3.C14H17N5O.C13H19ClN4O2.C9H3F6NO.C9H18N2O2.C6H7NO.C4H2Cl2N2/c24-22(25,26)16-11-17(23(27,28)29)13-18(12-16)33-21(36)35-9-7-34(8-10-35)19-20(32-6-5-31-19)37-14-15-1-3-30-4-2-15;1-19(2,3)27-18(25)24-12-10-23(11-13-24)16-17(22-9-8-21-16)26-14-15-4-6-20-7-5-15;1-3-15-4-2-12(1)11-20-14-13(17-5-6-18-14)19-9-7-16-8-10-19;1-13(2,3)20-12(19)18-8-6-17(7-9-18)11-10(14)15-4-5-16-11;10-8(11,12)5-1-6(9(13,14)15)3-7(2-5)16-4-17;1-9(2,3)13-8(12)11-6-4-10-5-7-11;8-5-6-1-3-7-4-2-6;5-3-4(6)8-2-1-7-3/h1-6,11-13H,7-10,14H2,(H,33,36);4-9H,10-14H2,1-3H3;1-6,16H,7-11H2;4-5H,6-9H2,1-3H3;1-3H;10H,4-7H2,1-3H3;1-4,8H,5H2;1-2H. The van der Waals surface area contributed by atoms with Crippen molar-refractivity contribution < 1.29 is 110 Å². The Bertz CT molecular complexity index is 5980. The van der Waals surface area contributed by atoms with Crippen molar-refractivity contribution in [3.05, 3.63) is 256 Å². The van der Waals surface area contributed by atoms with Crippen LogP contribution in [0.5, 0.6) is 17.6 Å². The molecule has 14 heterocycles. The Kier molecular flexibility index (Phi) is 45.4. The summed E-state index contributed by atoms with van der Waals surface area (Å²) in [5.41, 5.74) is -4.92. The van der Waals surface area contributed by atoms with Crippen LogP contribution in [0.25, 0.3) is 0 Å². The number of carbonyl (C=O) groups is 4. The lowest BCUT2D eigenvalue weighted by Gasteiger charge is -2.36. The molecule has 5 saturated heterocycles. The number of ether oxygens (including phenoxy) is 6. The summed E-state index contributed by atoms with van der Waals surface area (Å²) >= 11 is 16.8. The molecule has 0 atom stereocenters. The van der Waals surface area contributed by atoms with E-state index in [4.69, 9.17) is 68.3 Å². The molecule has 0 bridgehead atoms. The number of piperazine rings is 5. The van der Waals surface area contributed by atoms with Crippen LogP contribution in [0.15, 0.2) is 201 Å². The number of aliphatic hydroxyl groups excluding tert-OH is 1. The number of isocyanates is 1. The van der Waals surface area contributed by atoms with Crippen molar-refractivity contribution in [1.29, 1.82) is 0 Å². The minimum Gasteiger partial charge on any atom is -0.470 e. The maximum atomic E-state index is 13.1. The quantitative estimate of drug-likeness (QED) is 0.0302. The van der Waals surface area contributed by atoms with Crippen LogP contribution in [0, 0.1) is 0 Å². The van der Waals surface area contributed by atoms with E-state index in [0.717, 1.165) is 86.5 Å². The lowest BCUT2D eigenvalue weighted by molar-refractivity contribution is -0.144. The zero-order valence-corrected chi connectivity index (χ0v) is 85.1. The van der Waals surface area contributed by atoms with Gasteiger partial charge in [-0.2, -0.15) is 57.7 Å². The smallest absolute Gasteiger partial charge is 0.416 e. The third-order valence-electron chi connectivity index (χ3n) is 20.6. The van der Waals surface area contributed by atoms with Crippen molar-refractivity contribution in [2.45, 2.75) is 130 Å². The fourth-order valence-electron chi connectivity index (χ4n) is 13.4. The van der Waals surface area contributed by atoms with E-state index in [2.05, 4.69) is 101 Å². The van der Waals surface area contributed by atoms with Crippen molar-refractivity contribution in [3.63, 3.8) is 0 Å². The largest absolute Gasteiger partial charge is 0.470 e. The number of aromatic nitrogens is 14. The summed E-state index contributed by atoms with van der Waals surface area (Å²) in [6, 6.07) is 15.5. The van der Waals surface area contributed by atoms with E-state index < -0.39 is 75.6 Å². The van der Waals surface area contributed by atoms with Gasteiger partial charge in [-0.1, -0.05) is 34.8 Å². The highest BCUT2D eigenvalue weighted by atomic mass is 35.5. The molecule has 4 N–H and O–H groups in total. The van der Waals surface area contributed by atoms with Gasteiger partial charge in [0.2, 0.25) is 6.08 Å². The molecule has 11 aromatic rings. The molecule has 0 unspecified atom stereocenters. The molecule has 0 saturated carbocycles. The van der Waals surface area contributed by atoms with E-state index in [1.54, 1.807) is 126 Å². The van der Waals surface area contributed by atoms with Crippen molar-refractivity contribution >= 4 is 99.8 Å². The van der Waals surface area contributed by atoms with Gasteiger partial charge < -0.3 is 88.7 Å². The van der Waals surface area contributed by atoms with Gasteiger partial charge in [0, 0.05) is 248 Å². The summed E-state index contributed by atoms with van der Waals surface area (Å²) < 4.78 is 186. The molecule has 5 amide bonds. The van der Waals surface area contributed by atoms with Crippen LogP contribution >= 0.6 is 34.8 Å². The van der Waals surface area contributed by atoms with E-state index in [1.165, 1.54) is 29.7 Å². The van der Waals surface area contributed by atoms with Gasteiger partial charge in [-0.3, -0.25) is 19.9 Å². The molecule has 5 aliphatic heterocycles. The van der Waals surface area contributed by atoms with E-state index >= 15 is 0 Å². The number of carbonyl (C=O) groups excluding carboxylic acids is 5. The SMILES string of the molecule is CC(C)(C)OC(=O)N1CCN(c2nccnc2Cl)CC1.CC(C)(C)OC(=O)N1CCN(c2nccnc2OCc2ccncc2)CC1.CC(C)(C)OC(=O)N1CCNCC1.Clc1nccnc1Cl.O=C(Nc1cc(C(F)(F)F)cc(C(F)(F)F)c1)N1CCN(c2nccnc2OCc2ccncc2)CC1.O=C=Nc1cc(C(F)(F)F)cc(C(F)(F)F)c1.OCc1ccncc1.c1cc(COc2nccnc2N2CCNCC2)ccn1. The number of nitrogens with zero attached hydrogens (tertiary/aromatic N) is 23. The molecule has 0 spiro atoms. The molecular weight excluding hydrogens is 2060 g/mol. The van der Waals surface area contributed by atoms with Gasteiger partial charge in [0.1, 0.15) is 36.6 Å². The van der Waals surface area contributed by atoms with Crippen molar-refractivity contribution in [3.8, 4) is 17.6 Å². The average Bonchev–Trinajstić information content (AvgIpc) is 0.807. The Labute approximate surface area is 870 Å². The fraction of sp³-hybridized carbons (Fsp3) is 0.412. The number of benzene rings is 2. The first-order valence-electron chi connectivity index (χ1n) is 46.2. The highest BCUT2D eigenvalue weighted by molar-refractivity contribution is 6.40. The summed E-state index contributed by atoms with van der Waals surface area (Å²) in [4.78, 5) is 133. The van der Waals surface area contributed by atoms with Crippen LogP contribution in [-0.2, 0) is 70.1 Å². The summed E-state index contributed by atoms with van der Waals surface area (Å²) in [6.45, 7) is 30.8. The number of halogens is 15. The van der Waals surface area contributed by atoms with Crippen LogP contribution in [0.2, 0.25) is 15.5 Å². The van der Waals surface area contributed by atoms with Crippen molar-refractivity contribution in [1.82, 2.24) is 100 Å². The summed E-state index contributed by atoms with van der Waals surface area (Å²) in [6.07, 6.45) is 9.46. The van der Waals surface area contributed by atoms with Crippen LogP contribution in [-0.4, -0.2) is 273 Å². The first-order valence-corrected chi connectivity index (χ1v) is 47.4. The van der Waals surface area contributed by atoms with Crippen molar-refractivity contribution in [2.75, 3.05) is 156 Å². The normalized spacial score (nSPS) is 14.4. The molecule has 16 rings (SSSR count). The Hall–Kier alpha value is -14.6. The van der Waals surface area contributed by atoms with Gasteiger partial charge in [-0.15, -0.1) is 0 Å². The topological polar surface area (TPSA) is 416 Å². The predicted molar refractivity (Wildman–Crippen MR) is 530 cm³/mol. The van der Waals surface area contributed by atoms with Gasteiger partial charge in [0.15, 0.2) is 38.7 Å². The Morgan fingerprint density at radius 3 is 0.907 bits per heavy atom. The molecule has 0 radical (unpaired) electrons. The first-order chi connectivity index (χ1) is 71.1. The first kappa shape index (κ1) is 119. The van der Waals surface area contributed by atoms with Gasteiger partial charge >= 0.3 is 49.0 Å². The molecule has 5 fully saturated rings. The second-order valence-corrected chi connectivity index (χ2v) is 36.4. The fourth-order valence-corrected chi connectivity index (χ4v) is 13.9. The summed E-state index contributed by atoms with van der Waals surface area (Å²) in [5, 5.41) is 18.0. The third-order valence-corrected chi connectivity index (χ3v) is 21.5. The van der Waals surface area contributed by atoms with Gasteiger partial charge in [-0.05, 0) is 169 Å². The number of alkyl halides is 12. The monoisotopic (exact) mass is 2160 g/mol. The Morgan fingerprint density at radius 2 is 0.613 bits per heavy atom. The van der Waals surface area contributed by atoms with Crippen molar-refractivity contribution in [2.24, 2.45) is 4.99 Å². The number of rotatable bonds is 16. The highest BCUT2D eigenvalue weighted by Crippen LogP contribution is 2.41. The van der Waals surface area contributed by atoms with Crippen LogP contribution in [0.4, 0.5) is 107 Å². The average molecular weight is 2170 g/mol. The maximum Gasteiger partial charge on any atom is 0.416 e. The molecular formula is C97H111Cl3F12N26O12. The molecule has 53 heteroatoms. The number of aliphatic hydroxyl groups is 1. The van der Waals surface area contributed by atoms with E-state index in [-0.39, 0.29) is 91.6 Å². The molecule has 806 valence electrons. The number of hydrogen-bond donors (Lipinski definition) is 4. The minimum atomic E-state index is -5.01. The maximum absolute atomic E-state index is 13.1. The van der Waals surface area contributed by atoms with Gasteiger partial charge in [0.05, 0.1) is 34.5 Å². The van der Waals surface area contributed by atoms with Crippen LogP contribution in [0.1, 0.15) is 107 Å². The van der Waals surface area contributed by atoms with Crippen LogP contribution in [0.3, 0.4) is 0 Å². The number of amides is 5.